The molecule has 148 valence electrons. The Kier molecular flexibility index (Phi) is 5.68. The van der Waals surface area contributed by atoms with Gasteiger partial charge in [0.05, 0.1) is 11.5 Å². The molecule has 0 aliphatic carbocycles. The van der Waals surface area contributed by atoms with Crippen LogP contribution in [-0.2, 0) is 12.7 Å². The average molecular weight is 398 g/mol. The Bertz CT molecular complexity index is 1060. The number of amides is 1. The van der Waals surface area contributed by atoms with E-state index >= 15 is 0 Å². The second kappa shape index (κ2) is 8.18. The zero-order chi connectivity index (χ0) is 21.0. The Labute approximate surface area is 164 Å². The molecule has 0 aliphatic rings. The number of carboxylic acids is 1. The zero-order valence-corrected chi connectivity index (χ0v) is 15.0. The van der Waals surface area contributed by atoms with Crippen LogP contribution in [0.5, 0.6) is 0 Å². The van der Waals surface area contributed by atoms with Crippen LogP contribution in [-0.4, -0.2) is 11.9 Å². The van der Waals surface area contributed by atoms with E-state index in [0.29, 0.717) is 16.7 Å². The molecule has 0 saturated heterocycles. The number of nitrogens with one attached hydrogen (secondary N) is 1. The molecule has 0 fully saturated rings. The van der Waals surface area contributed by atoms with Gasteiger partial charge in [-0.15, -0.1) is 0 Å². The van der Waals surface area contributed by atoms with E-state index in [4.69, 9.17) is 0 Å². The van der Waals surface area contributed by atoms with E-state index in [0.717, 1.165) is 12.1 Å². The van der Waals surface area contributed by atoms with E-state index in [1.54, 1.807) is 36.4 Å². The van der Waals surface area contributed by atoms with Crippen LogP contribution < -0.4 is 10.4 Å². The lowest BCUT2D eigenvalue weighted by molar-refractivity contribution is -0.254. The van der Waals surface area contributed by atoms with E-state index in [-0.39, 0.29) is 17.7 Å². The summed E-state index contributed by atoms with van der Waals surface area (Å²) >= 11 is 0. The predicted molar refractivity (Wildman–Crippen MR) is 98.8 cm³/mol. The molecule has 0 aromatic heterocycles. The fourth-order valence-electron chi connectivity index (χ4n) is 2.95. The van der Waals surface area contributed by atoms with Crippen LogP contribution in [0.1, 0.15) is 31.8 Å². The first kappa shape index (κ1) is 20.1. The van der Waals surface area contributed by atoms with Crippen LogP contribution in [0.15, 0.2) is 72.8 Å². The summed E-state index contributed by atoms with van der Waals surface area (Å²) in [5.41, 5.74) is 0.332. The van der Waals surface area contributed by atoms with Gasteiger partial charge in [-0.1, -0.05) is 54.6 Å². The minimum atomic E-state index is -4.47. The van der Waals surface area contributed by atoms with Gasteiger partial charge in [0.25, 0.3) is 5.91 Å². The molecule has 0 radical (unpaired) electrons. The monoisotopic (exact) mass is 398 g/mol. The van der Waals surface area contributed by atoms with Crippen molar-refractivity contribution >= 4 is 11.9 Å². The number of rotatable bonds is 5. The average Bonchev–Trinajstić information content (AvgIpc) is 2.71. The van der Waals surface area contributed by atoms with Gasteiger partial charge in [0, 0.05) is 17.7 Å². The molecule has 29 heavy (non-hydrogen) atoms. The second-order valence-electron chi connectivity index (χ2n) is 6.26. The highest BCUT2D eigenvalue weighted by Crippen LogP contribution is 2.30. The van der Waals surface area contributed by atoms with Crippen molar-refractivity contribution in [3.63, 3.8) is 0 Å². The third-order valence-electron chi connectivity index (χ3n) is 4.32. The predicted octanol–water partition coefficient (Wildman–Crippen LogP) is 3.67. The standard InChI is InChI=1S/C22H16F3NO3/c23-22(24,25)15-7-5-6-14(12-15)13-26-20(27)18-10-3-1-8-16(18)17-9-2-4-11-19(17)21(28)29/h1-12H,13H2,(H,26,27)(H,28,29)/p-1. The number of aromatic carboxylic acids is 1. The smallest absolute Gasteiger partial charge is 0.416 e. The molecule has 7 heteroatoms. The van der Waals surface area contributed by atoms with Crippen molar-refractivity contribution in [2.45, 2.75) is 12.7 Å². The minimum Gasteiger partial charge on any atom is -0.545 e. The Morgan fingerprint density at radius 3 is 2.03 bits per heavy atom. The van der Waals surface area contributed by atoms with Gasteiger partial charge in [-0.2, -0.15) is 13.2 Å². The molecule has 0 atom stereocenters. The van der Waals surface area contributed by atoms with Crippen molar-refractivity contribution in [3.8, 4) is 11.1 Å². The maximum absolute atomic E-state index is 12.8. The lowest BCUT2D eigenvalue weighted by Crippen LogP contribution is -2.25. The number of alkyl halides is 3. The maximum atomic E-state index is 12.8. The molecule has 0 saturated carbocycles. The largest absolute Gasteiger partial charge is 0.545 e. The summed E-state index contributed by atoms with van der Waals surface area (Å²) in [5.74, 6) is -1.91. The van der Waals surface area contributed by atoms with Crippen molar-refractivity contribution in [1.82, 2.24) is 5.32 Å². The molecule has 0 bridgehead atoms. The molecular weight excluding hydrogens is 383 g/mol. The van der Waals surface area contributed by atoms with Crippen LogP contribution in [0.25, 0.3) is 11.1 Å². The van der Waals surface area contributed by atoms with E-state index < -0.39 is 23.6 Å². The first-order chi connectivity index (χ1) is 13.8. The molecule has 0 spiro atoms. The fraction of sp³-hybridized carbons (Fsp3) is 0.0909. The topological polar surface area (TPSA) is 69.2 Å². The van der Waals surface area contributed by atoms with Crippen molar-refractivity contribution < 1.29 is 27.9 Å². The number of hydrogen-bond acceptors (Lipinski definition) is 3. The Hall–Kier alpha value is -3.61. The highest BCUT2D eigenvalue weighted by molar-refractivity contribution is 6.04. The molecule has 3 aromatic rings. The Balaban J connectivity index is 1.86. The highest BCUT2D eigenvalue weighted by atomic mass is 19.4. The summed E-state index contributed by atoms with van der Waals surface area (Å²) in [6.07, 6.45) is -4.47. The van der Waals surface area contributed by atoms with Crippen LogP contribution in [0.3, 0.4) is 0 Å². The summed E-state index contributed by atoms with van der Waals surface area (Å²) in [4.78, 5) is 24.1. The summed E-state index contributed by atoms with van der Waals surface area (Å²) in [6.45, 7) is -0.112. The van der Waals surface area contributed by atoms with Gasteiger partial charge < -0.3 is 15.2 Å². The quantitative estimate of drug-likeness (QED) is 0.713. The van der Waals surface area contributed by atoms with Gasteiger partial charge in [0.15, 0.2) is 0 Å². The van der Waals surface area contributed by atoms with E-state index in [1.807, 2.05) is 0 Å². The number of carbonyl (C=O) groups excluding carboxylic acids is 2. The van der Waals surface area contributed by atoms with Crippen LogP contribution in [0.2, 0.25) is 0 Å². The summed E-state index contributed by atoms with van der Waals surface area (Å²) in [5, 5.41) is 14.0. The van der Waals surface area contributed by atoms with Crippen molar-refractivity contribution in [1.29, 1.82) is 0 Å². The Morgan fingerprint density at radius 1 is 0.828 bits per heavy atom. The number of hydrogen-bond donors (Lipinski definition) is 1. The Morgan fingerprint density at radius 2 is 1.41 bits per heavy atom. The molecule has 0 aliphatic heterocycles. The van der Waals surface area contributed by atoms with Crippen LogP contribution >= 0.6 is 0 Å². The number of carboxylic acid groups (broad SMARTS) is 1. The third-order valence-corrected chi connectivity index (χ3v) is 4.32. The third kappa shape index (κ3) is 4.63. The second-order valence-corrected chi connectivity index (χ2v) is 6.26. The molecule has 1 N–H and O–H groups in total. The normalized spacial score (nSPS) is 11.1. The molecule has 0 heterocycles. The number of halogens is 3. The molecular formula is C22H15F3NO3-. The van der Waals surface area contributed by atoms with Crippen LogP contribution in [0.4, 0.5) is 13.2 Å². The molecule has 3 rings (SSSR count). The van der Waals surface area contributed by atoms with Gasteiger partial charge in [0.2, 0.25) is 0 Å². The first-order valence-corrected chi connectivity index (χ1v) is 8.61. The zero-order valence-electron chi connectivity index (χ0n) is 15.0. The highest BCUT2D eigenvalue weighted by Gasteiger charge is 2.30. The van der Waals surface area contributed by atoms with Crippen LogP contribution in [0, 0.1) is 0 Å². The molecule has 1 amide bonds. The van der Waals surface area contributed by atoms with Gasteiger partial charge >= 0.3 is 6.18 Å². The summed E-state index contributed by atoms with van der Waals surface area (Å²) < 4.78 is 38.5. The van der Waals surface area contributed by atoms with E-state index in [1.165, 1.54) is 24.3 Å². The number of benzene rings is 3. The molecule has 4 nitrogen and oxygen atoms in total. The fourth-order valence-corrected chi connectivity index (χ4v) is 2.95. The van der Waals surface area contributed by atoms with Crippen molar-refractivity contribution in [3.05, 3.63) is 95.1 Å². The SMILES string of the molecule is O=C([O-])c1ccccc1-c1ccccc1C(=O)NCc1cccc(C(F)(F)F)c1. The maximum Gasteiger partial charge on any atom is 0.416 e. The number of carbonyl (C=O) groups is 2. The minimum absolute atomic E-state index is 0.0642. The van der Waals surface area contributed by atoms with Crippen molar-refractivity contribution in [2.24, 2.45) is 0 Å². The lowest BCUT2D eigenvalue weighted by Gasteiger charge is -2.15. The lowest BCUT2D eigenvalue weighted by atomic mass is 9.95. The van der Waals surface area contributed by atoms with Gasteiger partial charge in [-0.3, -0.25) is 4.79 Å². The van der Waals surface area contributed by atoms with Crippen molar-refractivity contribution in [2.75, 3.05) is 0 Å². The van der Waals surface area contributed by atoms with Gasteiger partial charge in [0.1, 0.15) is 0 Å². The summed E-state index contributed by atoms with van der Waals surface area (Å²) in [6, 6.07) is 17.2. The van der Waals surface area contributed by atoms with Gasteiger partial charge in [-0.25, -0.2) is 0 Å². The molecule has 0 unspecified atom stereocenters. The molecule has 3 aromatic carbocycles. The first-order valence-electron chi connectivity index (χ1n) is 8.61. The van der Waals surface area contributed by atoms with E-state index in [2.05, 4.69) is 5.32 Å². The van der Waals surface area contributed by atoms with Gasteiger partial charge in [-0.05, 0) is 34.9 Å². The summed E-state index contributed by atoms with van der Waals surface area (Å²) in [7, 11) is 0. The van der Waals surface area contributed by atoms with E-state index in [9.17, 15) is 27.9 Å².